The van der Waals surface area contributed by atoms with Crippen LogP contribution in [0.2, 0.25) is 0 Å². The van der Waals surface area contributed by atoms with Crippen molar-refractivity contribution in [2.75, 3.05) is 23.0 Å². The highest BCUT2D eigenvalue weighted by molar-refractivity contribution is 5.90. The number of rotatable bonds is 5. The van der Waals surface area contributed by atoms with Gasteiger partial charge in [-0.15, -0.1) is 0 Å². The lowest BCUT2D eigenvalue weighted by Crippen LogP contribution is -2.57. The lowest BCUT2D eigenvalue weighted by Gasteiger charge is -2.29. The molecule has 33 heavy (non-hydrogen) atoms. The van der Waals surface area contributed by atoms with Gasteiger partial charge in [0, 0.05) is 43.9 Å². The zero-order valence-corrected chi connectivity index (χ0v) is 18.8. The summed E-state index contributed by atoms with van der Waals surface area (Å²) < 4.78 is 2.09. The Hall–Kier alpha value is -3.83. The Morgan fingerprint density at radius 1 is 1.33 bits per heavy atom. The van der Waals surface area contributed by atoms with Crippen LogP contribution < -0.4 is 20.7 Å². The van der Waals surface area contributed by atoms with Gasteiger partial charge in [0.05, 0.1) is 23.7 Å². The number of carbonyl (C=O) groups excluding carboxylic acids is 1. The Kier molecular flexibility index (Phi) is 5.27. The van der Waals surface area contributed by atoms with Crippen LogP contribution in [-0.2, 0) is 11.2 Å². The second-order valence-electron chi connectivity index (χ2n) is 8.87. The number of anilines is 2. The van der Waals surface area contributed by atoms with Crippen molar-refractivity contribution in [1.82, 2.24) is 20.1 Å². The van der Waals surface area contributed by atoms with Crippen LogP contribution in [0, 0.1) is 18.3 Å². The standard InChI is InChI=1S/C25H27N7O/c1-18-8-13-30-16-12-27-23(22(18)30)31-14-9-20(17-31)28-24(33)25(2)10-15-32(29-25)21-6-4-3-5-19(21)7-11-26/h3-6,8,10,12-13,15-16,20,29H,7,9,14,17H2,1-2H3,(H,28,33)/t20-,25?/m0/s1. The summed E-state index contributed by atoms with van der Waals surface area (Å²) in [5.41, 5.74) is 6.52. The van der Waals surface area contributed by atoms with Gasteiger partial charge in [-0.25, -0.2) is 10.4 Å². The lowest BCUT2D eigenvalue weighted by molar-refractivity contribution is -0.125. The van der Waals surface area contributed by atoms with Gasteiger partial charge < -0.3 is 14.6 Å². The fourth-order valence-corrected chi connectivity index (χ4v) is 4.64. The van der Waals surface area contributed by atoms with Gasteiger partial charge >= 0.3 is 0 Å². The average Bonchev–Trinajstić information content (AvgIpc) is 3.54. The smallest absolute Gasteiger partial charge is 0.246 e. The number of amides is 1. The van der Waals surface area contributed by atoms with Crippen LogP contribution in [0.3, 0.4) is 0 Å². The Morgan fingerprint density at radius 3 is 3.03 bits per heavy atom. The number of benzene rings is 1. The summed E-state index contributed by atoms with van der Waals surface area (Å²) >= 11 is 0. The lowest BCUT2D eigenvalue weighted by atomic mass is 10.0. The van der Waals surface area contributed by atoms with E-state index in [-0.39, 0.29) is 11.9 Å². The second kappa shape index (κ2) is 8.26. The Labute approximate surface area is 193 Å². The van der Waals surface area contributed by atoms with Crippen molar-refractivity contribution in [3.05, 3.63) is 72.3 Å². The minimum atomic E-state index is -0.871. The third-order valence-corrected chi connectivity index (χ3v) is 6.48. The number of hydrogen-bond acceptors (Lipinski definition) is 6. The number of fused-ring (bicyclic) bond motifs is 1. The molecule has 2 aromatic heterocycles. The first kappa shape index (κ1) is 21.0. The Balaban J connectivity index is 1.26. The van der Waals surface area contributed by atoms with Crippen LogP contribution >= 0.6 is 0 Å². The predicted octanol–water partition coefficient (Wildman–Crippen LogP) is 2.70. The molecule has 3 aromatic rings. The summed E-state index contributed by atoms with van der Waals surface area (Å²) in [7, 11) is 0. The monoisotopic (exact) mass is 441 g/mol. The minimum absolute atomic E-state index is 0.0433. The van der Waals surface area contributed by atoms with Crippen molar-refractivity contribution in [2.24, 2.45) is 0 Å². The number of nitrogens with zero attached hydrogens (tertiary/aromatic N) is 5. The molecule has 2 N–H and O–H groups in total. The number of hydrogen-bond donors (Lipinski definition) is 2. The summed E-state index contributed by atoms with van der Waals surface area (Å²) in [5.74, 6) is 0.887. The van der Waals surface area contributed by atoms with E-state index in [2.05, 4.69) is 44.1 Å². The van der Waals surface area contributed by atoms with E-state index in [4.69, 9.17) is 5.26 Å². The molecule has 0 saturated carbocycles. The largest absolute Gasteiger partial charge is 0.353 e. The molecule has 5 rings (SSSR count). The summed E-state index contributed by atoms with van der Waals surface area (Å²) in [4.78, 5) is 20.1. The molecule has 0 bridgehead atoms. The molecule has 1 fully saturated rings. The maximum Gasteiger partial charge on any atom is 0.246 e. The molecule has 0 aliphatic carbocycles. The van der Waals surface area contributed by atoms with E-state index < -0.39 is 5.54 Å². The van der Waals surface area contributed by atoms with E-state index in [0.717, 1.165) is 42.1 Å². The number of aryl methyl sites for hydroxylation is 1. The van der Waals surface area contributed by atoms with Gasteiger partial charge in [-0.3, -0.25) is 9.80 Å². The van der Waals surface area contributed by atoms with Crippen LogP contribution in [-0.4, -0.2) is 40.0 Å². The quantitative estimate of drug-likeness (QED) is 0.633. The number of nitriles is 1. The summed E-state index contributed by atoms with van der Waals surface area (Å²) in [6, 6.07) is 12.1. The Morgan fingerprint density at radius 2 is 2.18 bits per heavy atom. The molecular formula is C25H27N7O. The fourth-order valence-electron chi connectivity index (χ4n) is 4.64. The second-order valence-corrected chi connectivity index (χ2v) is 8.87. The number of para-hydroxylation sites is 1. The number of carbonyl (C=O) groups is 1. The average molecular weight is 442 g/mol. The van der Waals surface area contributed by atoms with E-state index in [1.807, 2.05) is 67.1 Å². The highest BCUT2D eigenvalue weighted by atomic mass is 16.2. The molecule has 8 nitrogen and oxygen atoms in total. The Bertz CT molecular complexity index is 1270. The van der Waals surface area contributed by atoms with Gasteiger partial charge in [-0.2, -0.15) is 5.26 Å². The van der Waals surface area contributed by atoms with E-state index in [1.165, 1.54) is 5.56 Å². The zero-order valence-electron chi connectivity index (χ0n) is 18.8. The topological polar surface area (TPSA) is 88.7 Å². The van der Waals surface area contributed by atoms with E-state index >= 15 is 0 Å². The third-order valence-electron chi connectivity index (χ3n) is 6.48. The fraction of sp³-hybridized carbons (Fsp3) is 0.320. The molecule has 0 spiro atoms. The van der Waals surface area contributed by atoms with Crippen molar-refractivity contribution >= 4 is 22.9 Å². The van der Waals surface area contributed by atoms with Crippen LogP contribution in [0.5, 0.6) is 0 Å². The van der Waals surface area contributed by atoms with Crippen LogP contribution in [0.15, 0.2) is 61.2 Å². The molecule has 1 amide bonds. The van der Waals surface area contributed by atoms with E-state index in [9.17, 15) is 4.79 Å². The number of aromatic nitrogens is 2. The van der Waals surface area contributed by atoms with Crippen LogP contribution in [0.1, 0.15) is 24.5 Å². The molecular weight excluding hydrogens is 414 g/mol. The number of hydrazine groups is 1. The molecule has 2 aliphatic heterocycles. The molecule has 2 atom stereocenters. The van der Waals surface area contributed by atoms with Crippen LogP contribution in [0.4, 0.5) is 11.5 Å². The summed E-state index contributed by atoms with van der Waals surface area (Å²) in [6.07, 6.45) is 10.7. The van der Waals surface area contributed by atoms with Crippen molar-refractivity contribution in [3.8, 4) is 6.07 Å². The van der Waals surface area contributed by atoms with Gasteiger partial charge in [0.2, 0.25) is 5.91 Å². The normalized spacial score (nSPS) is 22.2. The van der Waals surface area contributed by atoms with Gasteiger partial charge in [0.25, 0.3) is 0 Å². The molecule has 8 heteroatoms. The molecule has 4 heterocycles. The first-order valence-corrected chi connectivity index (χ1v) is 11.2. The summed E-state index contributed by atoms with van der Waals surface area (Å²) in [6.45, 7) is 5.52. The van der Waals surface area contributed by atoms with Gasteiger partial charge in [0.1, 0.15) is 5.54 Å². The zero-order chi connectivity index (χ0) is 23.0. The van der Waals surface area contributed by atoms with Gasteiger partial charge in [0.15, 0.2) is 5.82 Å². The first-order valence-electron chi connectivity index (χ1n) is 11.2. The van der Waals surface area contributed by atoms with Crippen molar-refractivity contribution < 1.29 is 4.79 Å². The summed E-state index contributed by atoms with van der Waals surface area (Å²) in [5, 5.41) is 14.2. The van der Waals surface area contributed by atoms with Crippen LogP contribution in [0.25, 0.3) is 5.52 Å². The van der Waals surface area contributed by atoms with Crippen molar-refractivity contribution in [2.45, 2.75) is 38.3 Å². The molecule has 1 saturated heterocycles. The maximum absolute atomic E-state index is 13.2. The molecule has 1 unspecified atom stereocenters. The molecule has 1 aromatic carbocycles. The SMILES string of the molecule is Cc1ccn2ccnc(N3CC[C@H](NC(=O)C4(C)C=CN(c5ccccc5CC#N)N4)C3)c12. The van der Waals surface area contributed by atoms with E-state index in [1.54, 1.807) is 0 Å². The van der Waals surface area contributed by atoms with Crippen molar-refractivity contribution in [1.29, 1.82) is 5.26 Å². The highest BCUT2D eigenvalue weighted by Crippen LogP contribution is 2.28. The predicted molar refractivity (Wildman–Crippen MR) is 128 cm³/mol. The molecule has 0 radical (unpaired) electrons. The number of nitrogens with one attached hydrogen (secondary N) is 2. The molecule has 168 valence electrons. The minimum Gasteiger partial charge on any atom is -0.353 e. The maximum atomic E-state index is 13.2. The van der Waals surface area contributed by atoms with Crippen molar-refractivity contribution in [3.63, 3.8) is 0 Å². The third kappa shape index (κ3) is 3.81. The highest BCUT2D eigenvalue weighted by Gasteiger charge is 2.38. The van der Waals surface area contributed by atoms with E-state index in [0.29, 0.717) is 6.42 Å². The molecule has 2 aliphatic rings. The first-order chi connectivity index (χ1) is 16.0. The van der Waals surface area contributed by atoms with Gasteiger partial charge in [-0.1, -0.05) is 18.2 Å². The van der Waals surface area contributed by atoms with Gasteiger partial charge in [-0.05, 0) is 49.6 Å².